The number of rotatable bonds is 5. The topological polar surface area (TPSA) is 98.5 Å². The number of nitrogens with zero attached hydrogens (tertiary/aromatic N) is 4. The quantitative estimate of drug-likeness (QED) is 0.508. The van der Waals surface area contributed by atoms with Crippen LogP contribution in [0, 0.1) is 6.92 Å². The molecule has 0 bridgehead atoms. The van der Waals surface area contributed by atoms with Crippen molar-refractivity contribution in [1.82, 2.24) is 19.6 Å². The van der Waals surface area contributed by atoms with Gasteiger partial charge in [-0.1, -0.05) is 30.3 Å². The van der Waals surface area contributed by atoms with E-state index < -0.39 is 11.9 Å². The summed E-state index contributed by atoms with van der Waals surface area (Å²) in [5.74, 6) is -0.574. The maximum Gasteiger partial charge on any atom is 0.341 e. The minimum absolute atomic E-state index is 0.236. The molecule has 0 spiro atoms. The van der Waals surface area contributed by atoms with Crippen LogP contribution in [0.25, 0.3) is 16.9 Å². The zero-order chi connectivity index (χ0) is 20.4. The molecule has 4 rings (SSSR count). The van der Waals surface area contributed by atoms with E-state index in [4.69, 9.17) is 4.74 Å². The lowest BCUT2D eigenvalue weighted by molar-refractivity contribution is 0.0529. The molecule has 1 aromatic carbocycles. The average molecular weight is 407 g/mol. The Morgan fingerprint density at radius 3 is 2.79 bits per heavy atom. The van der Waals surface area contributed by atoms with Crippen LogP contribution in [0.2, 0.25) is 0 Å². The number of esters is 1. The number of hydrogen-bond acceptors (Lipinski definition) is 7. The number of aromatic nitrogens is 4. The van der Waals surface area contributed by atoms with Gasteiger partial charge in [-0.15, -0.1) is 11.3 Å². The molecule has 146 valence electrons. The van der Waals surface area contributed by atoms with Crippen LogP contribution in [0.15, 0.2) is 48.1 Å². The van der Waals surface area contributed by atoms with Crippen LogP contribution in [0.4, 0.5) is 5.00 Å². The summed E-state index contributed by atoms with van der Waals surface area (Å²) in [5.41, 5.74) is 2.82. The molecule has 8 nitrogen and oxygen atoms in total. The SMILES string of the molecule is CCOC(=O)c1c(-c2ccccc2)csc1NC(=O)c1cc(C)nc2ncnn12. The molecule has 0 aliphatic heterocycles. The molecule has 0 unspecified atom stereocenters. The largest absolute Gasteiger partial charge is 0.462 e. The lowest BCUT2D eigenvalue weighted by Gasteiger charge is -2.09. The fourth-order valence-electron chi connectivity index (χ4n) is 2.95. The molecule has 0 saturated carbocycles. The summed E-state index contributed by atoms with van der Waals surface area (Å²) in [7, 11) is 0. The Bertz CT molecular complexity index is 1200. The Morgan fingerprint density at radius 1 is 1.24 bits per heavy atom. The summed E-state index contributed by atoms with van der Waals surface area (Å²) in [5, 5.41) is 9.13. The molecule has 3 aromatic heterocycles. The van der Waals surface area contributed by atoms with Crippen molar-refractivity contribution >= 4 is 34.0 Å². The second-order valence-electron chi connectivity index (χ2n) is 6.15. The Hall–Kier alpha value is -3.59. The minimum atomic E-state index is -0.486. The Morgan fingerprint density at radius 2 is 2.03 bits per heavy atom. The molecule has 0 aliphatic carbocycles. The van der Waals surface area contributed by atoms with E-state index in [1.54, 1.807) is 19.9 Å². The summed E-state index contributed by atoms with van der Waals surface area (Å²) < 4.78 is 6.59. The van der Waals surface area contributed by atoms with Crippen LogP contribution in [-0.2, 0) is 4.74 Å². The lowest BCUT2D eigenvalue weighted by atomic mass is 10.0. The fraction of sp³-hybridized carbons (Fsp3) is 0.150. The lowest BCUT2D eigenvalue weighted by Crippen LogP contribution is -2.19. The number of aryl methyl sites for hydroxylation is 1. The minimum Gasteiger partial charge on any atom is -0.462 e. The van der Waals surface area contributed by atoms with E-state index in [0.29, 0.717) is 27.6 Å². The first kappa shape index (κ1) is 18.8. The van der Waals surface area contributed by atoms with E-state index >= 15 is 0 Å². The van der Waals surface area contributed by atoms with Crippen molar-refractivity contribution in [3.05, 3.63) is 65.1 Å². The number of hydrogen-bond donors (Lipinski definition) is 1. The number of carbonyl (C=O) groups is 2. The molecule has 29 heavy (non-hydrogen) atoms. The fourth-order valence-corrected chi connectivity index (χ4v) is 3.90. The highest BCUT2D eigenvalue weighted by atomic mass is 32.1. The summed E-state index contributed by atoms with van der Waals surface area (Å²) in [4.78, 5) is 33.9. The molecule has 0 radical (unpaired) electrons. The number of thiophene rings is 1. The summed E-state index contributed by atoms with van der Waals surface area (Å²) in [6.45, 7) is 3.75. The van der Waals surface area contributed by atoms with Crippen molar-refractivity contribution in [3.63, 3.8) is 0 Å². The number of nitrogens with one attached hydrogen (secondary N) is 1. The van der Waals surface area contributed by atoms with E-state index in [0.717, 1.165) is 5.56 Å². The number of ether oxygens (including phenoxy) is 1. The molecule has 0 saturated heterocycles. The standard InChI is InChI=1S/C20H17N5O3S/c1-3-28-19(27)16-14(13-7-5-4-6-8-13)10-29-18(16)24-17(26)15-9-12(2)23-20-21-11-22-25(15)20/h4-11H,3H2,1-2H3,(H,24,26). The Labute approximate surface area is 170 Å². The van der Waals surface area contributed by atoms with E-state index in [-0.39, 0.29) is 12.3 Å². The van der Waals surface area contributed by atoms with E-state index in [1.807, 2.05) is 35.7 Å². The molecular weight excluding hydrogens is 390 g/mol. The first-order valence-corrected chi connectivity index (χ1v) is 9.79. The molecule has 9 heteroatoms. The first-order valence-electron chi connectivity index (χ1n) is 8.91. The van der Waals surface area contributed by atoms with Gasteiger partial charge >= 0.3 is 5.97 Å². The third-order valence-electron chi connectivity index (χ3n) is 4.19. The predicted octanol–water partition coefficient (Wildman–Crippen LogP) is 3.59. The van der Waals surface area contributed by atoms with Crippen molar-refractivity contribution in [3.8, 4) is 11.1 Å². The summed E-state index contributed by atoms with van der Waals surface area (Å²) in [6.07, 6.45) is 1.33. The van der Waals surface area contributed by atoms with Gasteiger partial charge in [-0.05, 0) is 25.5 Å². The first-order chi connectivity index (χ1) is 14.1. The van der Waals surface area contributed by atoms with Crippen LogP contribution in [0.3, 0.4) is 0 Å². The van der Waals surface area contributed by atoms with Crippen molar-refractivity contribution in [2.45, 2.75) is 13.8 Å². The van der Waals surface area contributed by atoms with E-state index in [1.165, 1.54) is 22.2 Å². The van der Waals surface area contributed by atoms with Crippen LogP contribution < -0.4 is 5.32 Å². The van der Waals surface area contributed by atoms with Crippen LogP contribution in [-0.4, -0.2) is 38.1 Å². The van der Waals surface area contributed by atoms with Gasteiger partial charge in [0.25, 0.3) is 11.7 Å². The number of benzene rings is 1. The predicted molar refractivity (Wildman–Crippen MR) is 109 cm³/mol. The molecule has 0 atom stereocenters. The molecule has 3 heterocycles. The maximum atomic E-state index is 13.0. The molecule has 0 aliphatic rings. The summed E-state index contributed by atoms with van der Waals surface area (Å²) >= 11 is 1.27. The number of anilines is 1. The van der Waals surface area contributed by atoms with Gasteiger partial charge in [0, 0.05) is 16.6 Å². The molecule has 1 amide bonds. The monoisotopic (exact) mass is 407 g/mol. The van der Waals surface area contributed by atoms with Crippen LogP contribution >= 0.6 is 11.3 Å². The van der Waals surface area contributed by atoms with Gasteiger partial charge in [0.2, 0.25) is 0 Å². The van der Waals surface area contributed by atoms with Gasteiger partial charge < -0.3 is 10.1 Å². The highest BCUT2D eigenvalue weighted by Gasteiger charge is 2.24. The van der Waals surface area contributed by atoms with E-state index in [2.05, 4.69) is 20.4 Å². The highest BCUT2D eigenvalue weighted by Crippen LogP contribution is 2.36. The van der Waals surface area contributed by atoms with E-state index in [9.17, 15) is 9.59 Å². The van der Waals surface area contributed by atoms with Crippen molar-refractivity contribution in [2.24, 2.45) is 0 Å². The van der Waals surface area contributed by atoms with Gasteiger partial charge in [0.05, 0.1) is 6.61 Å². The molecule has 0 fully saturated rings. The summed E-state index contributed by atoms with van der Waals surface area (Å²) in [6, 6.07) is 11.1. The van der Waals surface area contributed by atoms with Crippen molar-refractivity contribution < 1.29 is 14.3 Å². The number of amides is 1. The normalized spacial score (nSPS) is 10.8. The molecular formula is C20H17N5O3S. The Balaban J connectivity index is 1.75. The maximum absolute atomic E-state index is 13.0. The van der Waals surface area contributed by atoms with Gasteiger partial charge in [-0.2, -0.15) is 14.6 Å². The second kappa shape index (κ2) is 7.80. The second-order valence-corrected chi connectivity index (χ2v) is 7.03. The van der Waals surface area contributed by atoms with Crippen LogP contribution in [0.5, 0.6) is 0 Å². The Kier molecular flexibility index (Phi) is 5.05. The zero-order valence-corrected chi connectivity index (χ0v) is 16.6. The smallest absolute Gasteiger partial charge is 0.341 e. The number of carbonyl (C=O) groups excluding carboxylic acids is 2. The van der Waals surface area contributed by atoms with Crippen LogP contribution in [0.1, 0.15) is 33.5 Å². The third kappa shape index (κ3) is 3.59. The van der Waals surface area contributed by atoms with Crippen molar-refractivity contribution in [2.75, 3.05) is 11.9 Å². The third-order valence-corrected chi connectivity index (χ3v) is 5.09. The van der Waals surface area contributed by atoms with Gasteiger partial charge in [0.15, 0.2) is 0 Å². The van der Waals surface area contributed by atoms with Crippen molar-refractivity contribution in [1.29, 1.82) is 0 Å². The van der Waals surface area contributed by atoms with Gasteiger partial charge in [-0.3, -0.25) is 4.79 Å². The number of fused-ring (bicyclic) bond motifs is 1. The van der Waals surface area contributed by atoms with Gasteiger partial charge in [-0.25, -0.2) is 9.78 Å². The molecule has 4 aromatic rings. The van der Waals surface area contributed by atoms with Gasteiger partial charge in [0.1, 0.15) is 22.6 Å². The highest BCUT2D eigenvalue weighted by molar-refractivity contribution is 7.15. The molecule has 1 N–H and O–H groups in total. The average Bonchev–Trinajstić information content (AvgIpc) is 3.35. The zero-order valence-electron chi connectivity index (χ0n) is 15.7.